The van der Waals surface area contributed by atoms with Crippen LogP contribution in [0.3, 0.4) is 0 Å². The molecule has 5 heteroatoms. The molecule has 0 saturated carbocycles. The van der Waals surface area contributed by atoms with Crippen LogP contribution in [0.4, 0.5) is 11.5 Å². The average molecular weight is 220 g/mol. The van der Waals surface area contributed by atoms with Crippen LogP contribution in [0.1, 0.15) is 30.1 Å². The van der Waals surface area contributed by atoms with Crippen LogP contribution in [-0.4, -0.2) is 23.5 Å². The molecule has 0 radical (unpaired) electrons. The number of primary amides is 1. The van der Waals surface area contributed by atoms with Crippen molar-refractivity contribution in [3.05, 3.63) is 17.8 Å². The van der Waals surface area contributed by atoms with Crippen molar-refractivity contribution in [2.45, 2.75) is 25.8 Å². The van der Waals surface area contributed by atoms with E-state index in [2.05, 4.69) is 16.8 Å². The second-order valence-electron chi connectivity index (χ2n) is 4.19. The molecule has 16 heavy (non-hydrogen) atoms. The van der Waals surface area contributed by atoms with Gasteiger partial charge in [0.1, 0.15) is 5.82 Å². The number of rotatable bonds is 2. The molecule has 0 bridgehead atoms. The molecule has 0 aromatic carbocycles. The molecule has 1 aromatic rings. The normalized spacial score (nSPS) is 20.1. The summed E-state index contributed by atoms with van der Waals surface area (Å²) in [6.45, 7) is 3.04. The number of pyridine rings is 1. The van der Waals surface area contributed by atoms with Crippen molar-refractivity contribution < 1.29 is 4.79 Å². The van der Waals surface area contributed by atoms with Crippen molar-refractivity contribution in [1.29, 1.82) is 0 Å². The minimum Gasteiger partial charge on any atom is -0.397 e. The van der Waals surface area contributed by atoms with Crippen LogP contribution in [-0.2, 0) is 0 Å². The Morgan fingerprint density at radius 1 is 1.62 bits per heavy atom. The lowest BCUT2D eigenvalue weighted by Gasteiger charge is -2.24. The van der Waals surface area contributed by atoms with Crippen LogP contribution in [0.5, 0.6) is 0 Å². The lowest BCUT2D eigenvalue weighted by Crippen LogP contribution is -2.30. The lowest BCUT2D eigenvalue weighted by molar-refractivity contribution is 0.100. The van der Waals surface area contributed by atoms with Crippen molar-refractivity contribution in [2.75, 3.05) is 17.2 Å². The maximum atomic E-state index is 11.3. The summed E-state index contributed by atoms with van der Waals surface area (Å²) in [5.41, 5.74) is 11.8. The van der Waals surface area contributed by atoms with E-state index in [4.69, 9.17) is 11.5 Å². The third-order valence-corrected chi connectivity index (χ3v) is 2.98. The summed E-state index contributed by atoms with van der Waals surface area (Å²) in [7, 11) is 0. The van der Waals surface area contributed by atoms with Crippen molar-refractivity contribution in [3.63, 3.8) is 0 Å². The summed E-state index contributed by atoms with van der Waals surface area (Å²) in [5.74, 6) is 0.181. The molecular formula is C11H16N4O. The molecule has 1 aliphatic rings. The lowest BCUT2D eigenvalue weighted by atomic mass is 10.2. The van der Waals surface area contributed by atoms with Gasteiger partial charge in [0.15, 0.2) is 0 Å². The monoisotopic (exact) mass is 220 g/mol. The molecule has 1 atom stereocenters. The molecule has 5 nitrogen and oxygen atoms in total. The van der Waals surface area contributed by atoms with Gasteiger partial charge in [-0.05, 0) is 25.8 Å². The number of anilines is 2. The number of carbonyl (C=O) groups excluding carboxylic acids is 1. The minimum absolute atomic E-state index is 0.397. The highest BCUT2D eigenvalue weighted by molar-refractivity contribution is 5.98. The van der Waals surface area contributed by atoms with Gasteiger partial charge in [0.25, 0.3) is 5.91 Å². The first-order valence-corrected chi connectivity index (χ1v) is 5.41. The van der Waals surface area contributed by atoms with Gasteiger partial charge in [-0.3, -0.25) is 4.79 Å². The topological polar surface area (TPSA) is 85.2 Å². The maximum absolute atomic E-state index is 11.3. The molecule has 2 heterocycles. The van der Waals surface area contributed by atoms with E-state index in [1.165, 1.54) is 0 Å². The maximum Gasteiger partial charge on any atom is 0.252 e. The number of nitrogens with two attached hydrogens (primary N) is 2. The first-order chi connectivity index (χ1) is 7.59. The van der Waals surface area contributed by atoms with Gasteiger partial charge in [0, 0.05) is 12.6 Å². The van der Waals surface area contributed by atoms with Crippen molar-refractivity contribution in [3.8, 4) is 0 Å². The van der Waals surface area contributed by atoms with Gasteiger partial charge >= 0.3 is 0 Å². The van der Waals surface area contributed by atoms with E-state index in [1.54, 1.807) is 12.3 Å². The van der Waals surface area contributed by atoms with Gasteiger partial charge in [-0.2, -0.15) is 0 Å². The quantitative estimate of drug-likeness (QED) is 0.770. The highest BCUT2D eigenvalue weighted by Gasteiger charge is 2.25. The first kappa shape index (κ1) is 10.7. The van der Waals surface area contributed by atoms with Gasteiger partial charge in [0.05, 0.1) is 17.4 Å². The van der Waals surface area contributed by atoms with Crippen LogP contribution in [0, 0.1) is 0 Å². The van der Waals surface area contributed by atoms with Crippen molar-refractivity contribution >= 4 is 17.4 Å². The zero-order chi connectivity index (χ0) is 11.7. The summed E-state index contributed by atoms with van der Waals surface area (Å²) >= 11 is 0. The summed E-state index contributed by atoms with van der Waals surface area (Å²) in [4.78, 5) is 17.7. The van der Waals surface area contributed by atoms with Crippen LogP contribution in [0.15, 0.2) is 12.3 Å². The number of hydrogen-bond acceptors (Lipinski definition) is 4. The number of nitrogens with zero attached hydrogens (tertiary/aromatic N) is 2. The molecule has 1 fully saturated rings. The summed E-state index contributed by atoms with van der Waals surface area (Å²) in [5, 5.41) is 0. The molecule has 1 aromatic heterocycles. The second kappa shape index (κ2) is 4.00. The number of carbonyl (C=O) groups is 1. The van der Waals surface area contributed by atoms with Crippen molar-refractivity contribution in [1.82, 2.24) is 4.98 Å². The summed E-state index contributed by atoms with van der Waals surface area (Å²) < 4.78 is 0. The predicted molar refractivity (Wildman–Crippen MR) is 63.2 cm³/mol. The molecule has 1 amide bonds. The Morgan fingerprint density at radius 3 is 2.94 bits per heavy atom. The molecule has 2 rings (SSSR count). The Hall–Kier alpha value is -1.78. The van der Waals surface area contributed by atoms with E-state index in [9.17, 15) is 4.79 Å². The standard InChI is InChI=1S/C11H16N4O/c1-7-3-2-4-15(7)11-9(10(13)16)5-8(12)6-14-11/h5-7H,2-4,12H2,1H3,(H2,13,16). The Balaban J connectivity index is 2.43. The second-order valence-corrected chi connectivity index (χ2v) is 4.19. The fraction of sp³-hybridized carbons (Fsp3) is 0.455. The highest BCUT2D eigenvalue weighted by Crippen LogP contribution is 2.27. The molecule has 0 aliphatic carbocycles. The SMILES string of the molecule is CC1CCCN1c1ncc(N)cc1C(N)=O. The fourth-order valence-electron chi connectivity index (χ4n) is 2.13. The Morgan fingerprint density at radius 2 is 2.38 bits per heavy atom. The zero-order valence-corrected chi connectivity index (χ0v) is 9.31. The van der Waals surface area contributed by atoms with Crippen LogP contribution >= 0.6 is 0 Å². The van der Waals surface area contributed by atoms with E-state index in [1.807, 2.05) is 0 Å². The van der Waals surface area contributed by atoms with Crippen molar-refractivity contribution in [2.24, 2.45) is 5.73 Å². The van der Waals surface area contributed by atoms with E-state index < -0.39 is 5.91 Å². The fourth-order valence-corrected chi connectivity index (χ4v) is 2.13. The molecule has 4 N–H and O–H groups in total. The number of aromatic nitrogens is 1. The Bertz CT molecular complexity index is 418. The molecule has 1 saturated heterocycles. The molecule has 1 aliphatic heterocycles. The van der Waals surface area contributed by atoms with E-state index >= 15 is 0 Å². The van der Waals surface area contributed by atoms with Crippen LogP contribution in [0.2, 0.25) is 0 Å². The van der Waals surface area contributed by atoms with Gasteiger partial charge in [-0.15, -0.1) is 0 Å². The van der Waals surface area contributed by atoms with Crippen LogP contribution < -0.4 is 16.4 Å². The third kappa shape index (κ3) is 1.80. The summed E-state index contributed by atoms with van der Waals surface area (Å²) in [6, 6.07) is 1.99. The van der Waals surface area contributed by atoms with Gasteiger partial charge in [-0.1, -0.05) is 0 Å². The Kier molecular flexibility index (Phi) is 2.68. The minimum atomic E-state index is -0.478. The number of nitrogen functional groups attached to an aromatic ring is 1. The number of hydrogen-bond donors (Lipinski definition) is 2. The largest absolute Gasteiger partial charge is 0.397 e. The molecule has 0 spiro atoms. The number of amides is 1. The molecular weight excluding hydrogens is 204 g/mol. The zero-order valence-electron chi connectivity index (χ0n) is 9.31. The van der Waals surface area contributed by atoms with Gasteiger partial charge in [-0.25, -0.2) is 4.98 Å². The van der Waals surface area contributed by atoms with Crippen LogP contribution in [0.25, 0.3) is 0 Å². The first-order valence-electron chi connectivity index (χ1n) is 5.41. The molecule has 1 unspecified atom stereocenters. The van der Waals surface area contributed by atoms with Gasteiger partial charge < -0.3 is 16.4 Å². The molecule has 86 valence electrons. The third-order valence-electron chi connectivity index (χ3n) is 2.98. The average Bonchev–Trinajstić information content (AvgIpc) is 2.64. The smallest absolute Gasteiger partial charge is 0.252 e. The Labute approximate surface area is 94.4 Å². The van der Waals surface area contributed by atoms with E-state index in [0.29, 0.717) is 23.1 Å². The van der Waals surface area contributed by atoms with Gasteiger partial charge in [0.2, 0.25) is 0 Å². The van der Waals surface area contributed by atoms with E-state index in [0.717, 1.165) is 19.4 Å². The predicted octanol–water partition coefficient (Wildman–Crippen LogP) is 0.751. The highest BCUT2D eigenvalue weighted by atomic mass is 16.1. The van der Waals surface area contributed by atoms with E-state index in [-0.39, 0.29) is 0 Å². The summed E-state index contributed by atoms with van der Waals surface area (Å²) in [6.07, 6.45) is 3.79.